The first-order chi connectivity index (χ1) is 12.8. The smallest absolute Gasteiger partial charge is 0.334 e. The van der Waals surface area contributed by atoms with Gasteiger partial charge in [0, 0.05) is 31.7 Å². The highest BCUT2D eigenvalue weighted by molar-refractivity contribution is 7.12. The molecule has 1 aromatic carbocycles. The molecule has 0 spiro atoms. The second-order valence-corrected chi connectivity index (χ2v) is 6.92. The van der Waals surface area contributed by atoms with Gasteiger partial charge >= 0.3 is 6.18 Å². The molecule has 2 amide bonds. The van der Waals surface area contributed by atoms with Crippen LogP contribution in [-0.4, -0.2) is 53.6 Å². The van der Waals surface area contributed by atoms with E-state index in [1.807, 2.05) is 0 Å². The molecular weight excluding hydrogens is 381 g/mol. The molecule has 9 heteroatoms. The first kappa shape index (κ1) is 19.1. The van der Waals surface area contributed by atoms with Gasteiger partial charge in [0.2, 0.25) is 5.78 Å². The summed E-state index contributed by atoms with van der Waals surface area (Å²) in [5.74, 6) is -1.99. The molecule has 0 bridgehead atoms. The monoisotopic (exact) mass is 396 g/mol. The Morgan fingerprint density at radius 3 is 2.19 bits per heavy atom. The van der Waals surface area contributed by atoms with Crippen molar-refractivity contribution < 1.29 is 27.6 Å². The van der Waals surface area contributed by atoms with Gasteiger partial charge in [-0.1, -0.05) is 18.2 Å². The summed E-state index contributed by atoms with van der Waals surface area (Å²) >= 11 is 1.32. The highest BCUT2D eigenvalue weighted by atomic mass is 32.1. The molecule has 1 aliphatic heterocycles. The Kier molecular flexibility index (Phi) is 5.31. The normalized spacial score (nSPS) is 14.9. The number of rotatable bonds is 3. The van der Waals surface area contributed by atoms with Crippen LogP contribution in [0.3, 0.4) is 0 Å². The van der Waals surface area contributed by atoms with Crippen LogP contribution >= 0.6 is 11.3 Å². The van der Waals surface area contributed by atoms with Gasteiger partial charge in [0.15, 0.2) is 0 Å². The second kappa shape index (κ2) is 7.51. The van der Waals surface area contributed by atoms with Crippen molar-refractivity contribution in [2.45, 2.75) is 6.18 Å². The molecule has 0 aliphatic carbocycles. The van der Waals surface area contributed by atoms with E-state index in [9.17, 15) is 27.6 Å². The zero-order valence-electron chi connectivity index (χ0n) is 14.0. The van der Waals surface area contributed by atoms with E-state index < -0.39 is 23.4 Å². The molecule has 0 atom stereocenters. The van der Waals surface area contributed by atoms with E-state index in [1.165, 1.54) is 22.3 Å². The van der Waals surface area contributed by atoms with Crippen molar-refractivity contribution in [1.29, 1.82) is 0 Å². The summed E-state index contributed by atoms with van der Waals surface area (Å²) in [7, 11) is 0. The number of Topliss-reactive ketones (excluding diaryl/α,β-unsaturated/α-hetero) is 1. The molecule has 1 aliphatic rings. The maximum Gasteiger partial charge on any atom is 0.416 e. The number of carbonyl (C=O) groups excluding carboxylic acids is 3. The maximum atomic E-state index is 12.8. The van der Waals surface area contributed by atoms with Crippen molar-refractivity contribution in [2.24, 2.45) is 0 Å². The van der Waals surface area contributed by atoms with Crippen LogP contribution in [-0.2, 0) is 11.0 Å². The summed E-state index contributed by atoms with van der Waals surface area (Å²) in [6, 6.07) is 7.28. The summed E-state index contributed by atoms with van der Waals surface area (Å²) in [6.45, 7) is 0.831. The van der Waals surface area contributed by atoms with Crippen LogP contribution in [0.5, 0.6) is 0 Å². The Labute approximate surface area is 157 Å². The number of nitrogens with zero attached hydrogens (tertiary/aromatic N) is 2. The van der Waals surface area contributed by atoms with E-state index >= 15 is 0 Å². The fraction of sp³-hybridized carbons (Fsp3) is 0.278. The summed E-state index contributed by atoms with van der Waals surface area (Å²) in [4.78, 5) is 40.4. The molecule has 27 heavy (non-hydrogen) atoms. The maximum absolute atomic E-state index is 12.8. The second-order valence-electron chi connectivity index (χ2n) is 5.97. The van der Waals surface area contributed by atoms with E-state index in [0.717, 1.165) is 12.1 Å². The predicted octanol–water partition coefficient (Wildman–Crippen LogP) is 2.93. The van der Waals surface area contributed by atoms with Crippen molar-refractivity contribution in [3.05, 3.63) is 57.8 Å². The Bertz CT molecular complexity index is 857. The highest BCUT2D eigenvalue weighted by Gasteiger charge is 2.33. The fourth-order valence-electron chi connectivity index (χ4n) is 2.77. The van der Waals surface area contributed by atoms with Gasteiger partial charge in [-0.25, -0.2) is 0 Å². The van der Waals surface area contributed by atoms with Crippen LogP contribution in [0.15, 0.2) is 41.8 Å². The average Bonchev–Trinajstić information content (AvgIpc) is 3.20. The van der Waals surface area contributed by atoms with E-state index in [1.54, 1.807) is 22.4 Å². The largest absolute Gasteiger partial charge is 0.416 e. The minimum atomic E-state index is -4.59. The predicted molar refractivity (Wildman–Crippen MR) is 92.6 cm³/mol. The lowest BCUT2D eigenvalue weighted by molar-refractivity contribution is -0.137. The highest BCUT2D eigenvalue weighted by Crippen LogP contribution is 2.29. The minimum Gasteiger partial charge on any atom is -0.334 e. The number of alkyl halides is 3. The van der Waals surface area contributed by atoms with Gasteiger partial charge in [0.25, 0.3) is 11.8 Å². The molecular formula is C18H15F3N2O3S. The van der Waals surface area contributed by atoms with Crippen molar-refractivity contribution in [3.63, 3.8) is 0 Å². The number of benzene rings is 1. The Morgan fingerprint density at radius 2 is 1.59 bits per heavy atom. The van der Waals surface area contributed by atoms with Gasteiger partial charge < -0.3 is 9.80 Å². The topological polar surface area (TPSA) is 57.7 Å². The number of amides is 2. The first-order valence-electron chi connectivity index (χ1n) is 8.11. The van der Waals surface area contributed by atoms with Crippen molar-refractivity contribution in [1.82, 2.24) is 9.80 Å². The molecule has 0 saturated carbocycles. The first-order valence-corrected chi connectivity index (χ1v) is 8.99. The zero-order valence-corrected chi connectivity index (χ0v) is 14.8. The molecule has 2 aromatic rings. The van der Waals surface area contributed by atoms with Gasteiger partial charge in [-0.05, 0) is 23.6 Å². The van der Waals surface area contributed by atoms with Crippen LogP contribution in [0.1, 0.15) is 25.6 Å². The third-order valence-electron chi connectivity index (χ3n) is 4.23. The molecule has 0 unspecified atom stereocenters. The van der Waals surface area contributed by atoms with Gasteiger partial charge in [-0.3, -0.25) is 14.4 Å². The lowest BCUT2D eigenvalue weighted by Gasteiger charge is -2.34. The van der Waals surface area contributed by atoms with Crippen LogP contribution in [0, 0.1) is 0 Å². The Hall–Kier alpha value is -2.68. The fourth-order valence-corrected chi connectivity index (χ4v) is 3.46. The minimum absolute atomic E-state index is 0.138. The molecule has 142 valence electrons. The van der Waals surface area contributed by atoms with Crippen molar-refractivity contribution >= 4 is 28.9 Å². The zero-order chi connectivity index (χ0) is 19.6. The van der Waals surface area contributed by atoms with Crippen LogP contribution in [0.2, 0.25) is 0 Å². The van der Waals surface area contributed by atoms with Gasteiger partial charge in [0.1, 0.15) is 0 Å². The van der Waals surface area contributed by atoms with Crippen molar-refractivity contribution in [2.75, 3.05) is 26.2 Å². The molecule has 0 radical (unpaired) electrons. The van der Waals surface area contributed by atoms with Crippen LogP contribution in [0.25, 0.3) is 0 Å². The summed E-state index contributed by atoms with van der Waals surface area (Å²) < 4.78 is 38.3. The number of piperazine rings is 1. The molecule has 1 aromatic heterocycles. The molecule has 1 saturated heterocycles. The lowest BCUT2D eigenvalue weighted by atomic mass is 10.1. The quantitative estimate of drug-likeness (QED) is 0.592. The van der Waals surface area contributed by atoms with Gasteiger partial charge in [-0.15, -0.1) is 11.3 Å². The van der Waals surface area contributed by atoms with Gasteiger partial charge in [0.05, 0.1) is 10.4 Å². The molecule has 0 N–H and O–H groups in total. The van der Waals surface area contributed by atoms with E-state index in [0.29, 0.717) is 10.9 Å². The number of carbonyl (C=O) groups is 3. The number of hydrogen-bond donors (Lipinski definition) is 0. The molecule has 5 nitrogen and oxygen atoms in total. The van der Waals surface area contributed by atoms with E-state index in [-0.39, 0.29) is 37.6 Å². The van der Waals surface area contributed by atoms with Crippen LogP contribution in [0.4, 0.5) is 13.2 Å². The van der Waals surface area contributed by atoms with Crippen molar-refractivity contribution in [3.8, 4) is 0 Å². The average molecular weight is 396 g/mol. The Morgan fingerprint density at radius 1 is 0.926 bits per heavy atom. The van der Waals surface area contributed by atoms with Gasteiger partial charge in [-0.2, -0.15) is 13.2 Å². The molecule has 2 heterocycles. The van der Waals surface area contributed by atoms with Crippen LogP contribution < -0.4 is 0 Å². The van der Waals surface area contributed by atoms with E-state index in [4.69, 9.17) is 0 Å². The Balaban J connectivity index is 1.64. The van der Waals surface area contributed by atoms with E-state index in [2.05, 4.69) is 0 Å². The third-order valence-corrected chi connectivity index (χ3v) is 5.09. The summed E-state index contributed by atoms with van der Waals surface area (Å²) in [5.41, 5.74) is -1.28. The molecule has 1 fully saturated rings. The molecule has 3 rings (SSSR count). The SMILES string of the molecule is O=C(C(=O)N1CCN(C(=O)c2cccs2)CC1)c1cccc(C(F)(F)F)c1. The number of ketones is 1. The standard InChI is InChI=1S/C18H15F3N2O3S/c19-18(20,21)13-4-1-3-12(11-13)15(24)17(26)23-8-6-22(7-9-23)16(25)14-5-2-10-27-14/h1-5,10-11H,6-9H2. The number of thiophene rings is 1. The third kappa shape index (κ3) is 4.19. The lowest BCUT2D eigenvalue weighted by Crippen LogP contribution is -2.52. The number of hydrogen-bond acceptors (Lipinski definition) is 4. The summed E-state index contributed by atoms with van der Waals surface area (Å²) in [6.07, 6.45) is -4.59. The summed E-state index contributed by atoms with van der Waals surface area (Å²) in [5, 5.41) is 1.79. The number of halogens is 3.